The lowest BCUT2D eigenvalue weighted by Gasteiger charge is -2.20. The smallest absolute Gasteiger partial charge is 0.228 e. The predicted molar refractivity (Wildman–Crippen MR) is 91.2 cm³/mol. The van der Waals surface area contributed by atoms with Crippen LogP contribution >= 0.6 is 0 Å². The van der Waals surface area contributed by atoms with Crippen molar-refractivity contribution in [3.63, 3.8) is 0 Å². The largest absolute Gasteiger partial charge is 0.389 e. The SMILES string of the molecule is CC(C)Nc1nc(NCC(C)(C)O)nc(C2=CC(O)CCC2)n1. The third-order valence-electron chi connectivity index (χ3n) is 3.36. The van der Waals surface area contributed by atoms with Gasteiger partial charge in [0.2, 0.25) is 11.9 Å². The lowest BCUT2D eigenvalue weighted by Crippen LogP contribution is -2.30. The van der Waals surface area contributed by atoms with Crippen molar-refractivity contribution in [3.8, 4) is 0 Å². The summed E-state index contributed by atoms with van der Waals surface area (Å²) in [6.07, 6.45) is 3.91. The zero-order valence-electron chi connectivity index (χ0n) is 14.3. The molecule has 7 nitrogen and oxygen atoms in total. The van der Waals surface area contributed by atoms with Crippen LogP contribution in [0.3, 0.4) is 0 Å². The van der Waals surface area contributed by atoms with Crippen LogP contribution in [0.25, 0.3) is 5.57 Å². The second-order valence-electron chi connectivity index (χ2n) is 6.92. The Morgan fingerprint density at radius 2 is 1.96 bits per heavy atom. The van der Waals surface area contributed by atoms with Gasteiger partial charge in [-0.2, -0.15) is 15.0 Å². The summed E-state index contributed by atoms with van der Waals surface area (Å²) < 4.78 is 0. The van der Waals surface area contributed by atoms with Gasteiger partial charge in [-0.25, -0.2) is 0 Å². The molecule has 4 N–H and O–H groups in total. The van der Waals surface area contributed by atoms with Crippen LogP contribution < -0.4 is 10.6 Å². The molecular formula is C16H27N5O2. The quantitative estimate of drug-likeness (QED) is 0.633. The van der Waals surface area contributed by atoms with Gasteiger partial charge in [-0.3, -0.25) is 0 Å². The Labute approximate surface area is 137 Å². The van der Waals surface area contributed by atoms with Crippen LogP contribution in [0.15, 0.2) is 6.08 Å². The second kappa shape index (κ2) is 7.23. The molecule has 1 unspecified atom stereocenters. The number of allylic oxidation sites excluding steroid dienone is 1. The zero-order valence-corrected chi connectivity index (χ0v) is 14.3. The molecule has 1 aromatic heterocycles. The molecule has 0 saturated heterocycles. The second-order valence-corrected chi connectivity index (χ2v) is 6.92. The van der Waals surface area contributed by atoms with Crippen LogP contribution in [0.4, 0.5) is 11.9 Å². The van der Waals surface area contributed by atoms with E-state index in [1.807, 2.05) is 19.9 Å². The summed E-state index contributed by atoms with van der Waals surface area (Å²) in [5, 5.41) is 25.9. The van der Waals surface area contributed by atoms with Crippen molar-refractivity contribution in [1.29, 1.82) is 0 Å². The number of nitrogens with one attached hydrogen (secondary N) is 2. The summed E-state index contributed by atoms with van der Waals surface area (Å²) >= 11 is 0. The van der Waals surface area contributed by atoms with E-state index in [1.165, 1.54) is 0 Å². The van der Waals surface area contributed by atoms with Crippen molar-refractivity contribution >= 4 is 17.5 Å². The van der Waals surface area contributed by atoms with Gasteiger partial charge >= 0.3 is 0 Å². The lowest BCUT2D eigenvalue weighted by atomic mass is 9.97. The third kappa shape index (κ3) is 5.76. The van der Waals surface area contributed by atoms with Gasteiger partial charge in [0, 0.05) is 12.6 Å². The van der Waals surface area contributed by atoms with Crippen LogP contribution in [0.2, 0.25) is 0 Å². The van der Waals surface area contributed by atoms with Gasteiger partial charge in [-0.15, -0.1) is 0 Å². The van der Waals surface area contributed by atoms with Crippen LogP contribution in [-0.4, -0.2) is 49.5 Å². The standard InChI is InChI=1S/C16H27N5O2/c1-10(2)18-15-20-13(11-6-5-7-12(22)8-11)19-14(21-15)17-9-16(3,4)23/h8,10,12,22-23H,5-7,9H2,1-4H3,(H2,17,18,19,20,21). The number of aliphatic hydroxyl groups is 2. The molecule has 0 saturated carbocycles. The number of rotatable bonds is 6. The first-order valence-corrected chi connectivity index (χ1v) is 8.11. The van der Waals surface area contributed by atoms with E-state index in [2.05, 4.69) is 25.6 Å². The van der Waals surface area contributed by atoms with Crippen LogP contribution in [-0.2, 0) is 0 Å². The minimum Gasteiger partial charge on any atom is -0.389 e. The third-order valence-corrected chi connectivity index (χ3v) is 3.36. The molecule has 1 heterocycles. The average Bonchev–Trinajstić information content (AvgIpc) is 2.43. The molecule has 1 aliphatic carbocycles. The molecule has 2 rings (SSSR count). The Morgan fingerprint density at radius 1 is 1.26 bits per heavy atom. The van der Waals surface area contributed by atoms with Gasteiger partial charge < -0.3 is 20.8 Å². The number of anilines is 2. The van der Waals surface area contributed by atoms with Crippen molar-refractivity contribution < 1.29 is 10.2 Å². The first kappa shape index (κ1) is 17.6. The molecule has 7 heteroatoms. The maximum Gasteiger partial charge on any atom is 0.228 e. The van der Waals surface area contributed by atoms with Crippen LogP contribution in [0.1, 0.15) is 52.8 Å². The van der Waals surface area contributed by atoms with Gasteiger partial charge in [0.05, 0.1) is 11.7 Å². The average molecular weight is 321 g/mol. The number of aliphatic hydroxyl groups excluding tert-OH is 1. The monoisotopic (exact) mass is 321 g/mol. The van der Waals surface area contributed by atoms with E-state index in [0.29, 0.717) is 24.3 Å². The molecule has 0 amide bonds. The minimum atomic E-state index is -0.862. The van der Waals surface area contributed by atoms with E-state index < -0.39 is 11.7 Å². The van der Waals surface area contributed by atoms with Crippen LogP contribution in [0, 0.1) is 0 Å². The van der Waals surface area contributed by atoms with E-state index in [4.69, 9.17) is 0 Å². The highest BCUT2D eigenvalue weighted by molar-refractivity contribution is 5.63. The summed E-state index contributed by atoms with van der Waals surface area (Å²) in [4.78, 5) is 13.2. The molecule has 0 fully saturated rings. The van der Waals surface area contributed by atoms with Crippen molar-refractivity contribution in [3.05, 3.63) is 11.9 Å². The Balaban J connectivity index is 2.29. The highest BCUT2D eigenvalue weighted by Gasteiger charge is 2.18. The van der Waals surface area contributed by atoms with Gasteiger partial charge in [0.25, 0.3) is 0 Å². The molecule has 0 aromatic carbocycles. The highest BCUT2D eigenvalue weighted by Crippen LogP contribution is 2.26. The summed E-state index contributed by atoms with van der Waals surface area (Å²) in [6.45, 7) is 7.79. The topological polar surface area (TPSA) is 103 Å². The number of aromatic nitrogens is 3. The summed E-state index contributed by atoms with van der Waals surface area (Å²) in [7, 11) is 0. The number of hydrogen-bond donors (Lipinski definition) is 4. The fraction of sp³-hybridized carbons (Fsp3) is 0.688. The molecule has 0 radical (unpaired) electrons. The molecule has 1 aromatic rings. The molecule has 23 heavy (non-hydrogen) atoms. The fourth-order valence-electron chi connectivity index (χ4n) is 2.30. The Bertz CT molecular complexity index is 566. The van der Waals surface area contributed by atoms with Crippen molar-refractivity contribution in [2.45, 2.75) is 64.7 Å². The van der Waals surface area contributed by atoms with E-state index >= 15 is 0 Å². The van der Waals surface area contributed by atoms with Gasteiger partial charge in [0.15, 0.2) is 5.82 Å². The van der Waals surface area contributed by atoms with E-state index in [1.54, 1.807) is 13.8 Å². The molecular weight excluding hydrogens is 294 g/mol. The molecule has 0 bridgehead atoms. The molecule has 0 spiro atoms. The summed E-state index contributed by atoms with van der Waals surface area (Å²) in [6, 6.07) is 0.193. The maximum atomic E-state index is 9.85. The fourth-order valence-corrected chi connectivity index (χ4v) is 2.30. The Hall–Kier alpha value is -1.73. The molecule has 0 aliphatic heterocycles. The lowest BCUT2D eigenvalue weighted by molar-refractivity contribution is 0.0943. The zero-order chi connectivity index (χ0) is 17.0. The Morgan fingerprint density at radius 3 is 2.57 bits per heavy atom. The minimum absolute atomic E-state index is 0.193. The first-order chi connectivity index (χ1) is 10.7. The maximum absolute atomic E-state index is 9.85. The van der Waals surface area contributed by atoms with E-state index in [-0.39, 0.29) is 6.04 Å². The number of nitrogens with zero attached hydrogens (tertiary/aromatic N) is 3. The molecule has 128 valence electrons. The van der Waals surface area contributed by atoms with Gasteiger partial charge in [-0.05, 0) is 58.6 Å². The first-order valence-electron chi connectivity index (χ1n) is 8.11. The van der Waals surface area contributed by atoms with Crippen molar-refractivity contribution in [2.75, 3.05) is 17.2 Å². The Kier molecular flexibility index (Phi) is 5.54. The van der Waals surface area contributed by atoms with Crippen molar-refractivity contribution in [2.24, 2.45) is 0 Å². The molecule has 1 atom stereocenters. The van der Waals surface area contributed by atoms with Gasteiger partial charge in [0.1, 0.15) is 0 Å². The van der Waals surface area contributed by atoms with Gasteiger partial charge in [-0.1, -0.05) is 0 Å². The molecule has 1 aliphatic rings. The van der Waals surface area contributed by atoms with E-state index in [0.717, 1.165) is 24.8 Å². The van der Waals surface area contributed by atoms with Crippen LogP contribution in [0.5, 0.6) is 0 Å². The number of hydrogen-bond acceptors (Lipinski definition) is 7. The van der Waals surface area contributed by atoms with Crippen molar-refractivity contribution in [1.82, 2.24) is 15.0 Å². The normalized spacial score (nSPS) is 18.7. The summed E-state index contributed by atoms with van der Waals surface area (Å²) in [5.74, 6) is 1.48. The van der Waals surface area contributed by atoms with E-state index in [9.17, 15) is 10.2 Å². The highest BCUT2D eigenvalue weighted by atomic mass is 16.3. The summed E-state index contributed by atoms with van der Waals surface area (Å²) in [5.41, 5.74) is 0.0721. The predicted octanol–water partition coefficient (Wildman–Crippen LogP) is 1.80.